The Hall–Kier alpha value is -1.75. The molecular weight excluding hydrogens is 266 g/mol. The van der Waals surface area contributed by atoms with Crippen molar-refractivity contribution in [2.24, 2.45) is 0 Å². The molecule has 1 aliphatic rings. The largest absolute Gasteiger partial charge is 0.497 e. The third-order valence-corrected chi connectivity index (χ3v) is 3.69. The second-order valence-electron chi connectivity index (χ2n) is 5.31. The van der Waals surface area contributed by atoms with Crippen molar-refractivity contribution in [1.29, 1.82) is 0 Å². The summed E-state index contributed by atoms with van der Waals surface area (Å²) >= 11 is 0. The number of hydrogen-bond acceptors (Lipinski definition) is 3. The summed E-state index contributed by atoms with van der Waals surface area (Å²) in [6.07, 6.45) is 4.32. The van der Waals surface area contributed by atoms with Crippen LogP contribution in [0.3, 0.4) is 0 Å². The Balaban J connectivity index is 1.89. The number of nitrogens with zero attached hydrogens (tertiary/aromatic N) is 1. The van der Waals surface area contributed by atoms with Gasteiger partial charge in [-0.15, -0.1) is 0 Å². The number of amides is 2. The van der Waals surface area contributed by atoms with Crippen LogP contribution >= 0.6 is 0 Å². The zero-order valence-corrected chi connectivity index (χ0v) is 12.7. The number of anilines is 1. The summed E-state index contributed by atoms with van der Waals surface area (Å²) in [6.45, 7) is 3.75. The van der Waals surface area contributed by atoms with Crippen LogP contribution in [-0.2, 0) is 0 Å². The smallest absolute Gasteiger partial charge is 0.321 e. The number of ether oxygens (including phenoxy) is 1. The molecule has 1 fully saturated rings. The minimum Gasteiger partial charge on any atom is -0.497 e. The Kier molecular flexibility index (Phi) is 6.34. The van der Waals surface area contributed by atoms with E-state index in [1.54, 1.807) is 7.11 Å². The quantitative estimate of drug-likeness (QED) is 0.881. The summed E-state index contributed by atoms with van der Waals surface area (Å²) in [7, 11) is 1.63. The van der Waals surface area contributed by atoms with Crippen LogP contribution in [0.2, 0.25) is 0 Å². The summed E-state index contributed by atoms with van der Waals surface area (Å²) in [6, 6.07) is 7.42. The minimum absolute atomic E-state index is 0.00583. The molecule has 1 aromatic rings. The maximum absolute atomic E-state index is 12.4. The van der Waals surface area contributed by atoms with E-state index in [1.165, 1.54) is 0 Å². The van der Waals surface area contributed by atoms with E-state index in [1.807, 2.05) is 29.2 Å². The summed E-state index contributed by atoms with van der Waals surface area (Å²) in [5.74, 6) is 0.791. The number of benzene rings is 1. The fourth-order valence-corrected chi connectivity index (χ4v) is 2.42. The maximum Gasteiger partial charge on any atom is 0.321 e. The lowest BCUT2D eigenvalue weighted by Crippen LogP contribution is -2.37. The molecule has 0 saturated carbocycles. The number of urea groups is 1. The van der Waals surface area contributed by atoms with Gasteiger partial charge in [-0.05, 0) is 63.0 Å². The van der Waals surface area contributed by atoms with Gasteiger partial charge in [-0.3, -0.25) is 0 Å². The summed E-state index contributed by atoms with van der Waals surface area (Å²) < 4.78 is 5.12. The zero-order chi connectivity index (χ0) is 14.9. The standard InChI is InChI=1S/C16H25N3O2/c1-21-15-8-6-14(7-9-15)18-16(20)19-12-4-2-10-17-11-3-5-13-19/h6-9,17H,2-5,10-13H2,1H3,(H,18,20). The molecule has 5 nitrogen and oxygen atoms in total. The van der Waals surface area contributed by atoms with Crippen LogP contribution in [0.5, 0.6) is 5.75 Å². The number of carbonyl (C=O) groups excluding carboxylic acids is 1. The minimum atomic E-state index is -0.00583. The van der Waals surface area contributed by atoms with Gasteiger partial charge in [0.2, 0.25) is 0 Å². The highest BCUT2D eigenvalue weighted by Gasteiger charge is 2.13. The molecule has 2 amide bonds. The van der Waals surface area contributed by atoms with Gasteiger partial charge in [0, 0.05) is 18.8 Å². The lowest BCUT2D eigenvalue weighted by molar-refractivity contribution is 0.208. The van der Waals surface area contributed by atoms with Gasteiger partial charge in [0.05, 0.1) is 7.11 Å². The topological polar surface area (TPSA) is 53.6 Å². The molecule has 5 heteroatoms. The highest BCUT2D eigenvalue weighted by molar-refractivity contribution is 5.89. The Morgan fingerprint density at radius 3 is 2.29 bits per heavy atom. The van der Waals surface area contributed by atoms with E-state index in [0.29, 0.717) is 0 Å². The van der Waals surface area contributed by atoms with Crippen LogP contribution in [-0.4, -0.2) is 44.2 Å². The molecule has 1 aromatic carbocycles. The van der Waals surface area contributed by atoms with Crippen molar-refractivity contribution in [3.05, 3.63) is 24.3 Å². The Morgan fingerprint density at radius 2 is 1.71 bits per heavy atom. The maximum atomic E-state index is 12.4. The second-order valence-corrected chi connectivity index (χ2v) is 5.31. The lowest BCUT2D eigenvalue weighted by Gasteiger charge is -2.24. The molecule has 2 N–H and O–H groups in total. The van der Waals surface area contributed by atoms with E-state index >= 15 is 0 Å². The van der Waals surface area contributed by atoms with Gasteiger partial charge in [0.1, 0.15) is 5.75 Å². The first-order chi connectivity index (χ1) is 10.3. The van der Waals surface area contributed by atoms with Crippen molar-refractivity contribution in [2.75, 3.05) is 38.6 Å². The fraction of sp³-hybridized carbons (Fsp3) is 0.562. The van der Waals surface area contributed by atoms with E-state index in [2.05, 4.69) is 10.6 Å². The van der Waals surface area contributed by atoms with E-state index < -0.39 is 0 Å². The Bertz CT molecular complexity index is 424. The molecule has 116 valence electrons. The van der Waals surface area contributed by atoms with E-state index in [9.17, 15) is 4.79 Å². The number of rotatable bonds is 2. The van der Waals surface area contributed by atoms with Crippen molar-refractivity contribution >= 4 is 11.7 Å². The van der Waals surface area contributed by atoms with E-state index in [4.69, 9.17) is 4.74 Å². The molecule has 0 aromatic heterocycles. The second kappa shape index (κ2) is 8.52. The van der Waals surface area contributed by atoms with Crippen molar-refractivity contribution < 1.29 is 9.53 Å². The van der Waals surface area contributed by atoms with Crippen LogP contribution in [0.15, 0.2) is 24.3 Å². The predicted molar refractivity (Wildman–Crippen MR) is 84.9 cm³/mol. The van der Waals surface area contributed by atoms with Crippen molar-refractivity contribution in [3.8, 4) is 5.75 Å². The fourth-order valence-electron chi connectivity index (χ4n) is 2.42. The SMILES string of the molecule is COc1ccc(NC(=O)N2CCCCNCCCC2)cc1. The molecule has 1 aliphatic heterocycles. The van der Waals surface area contributed by atoms with Gasteiger partial charge >= 0.3 is 6.03 Å². The summed E-state index contributed by atoms with van der Waals surface area (Å²) in [5, 5.41) is 6.38. The number of hydrogen-bond donors (Lipinski definition) is 2. The average molecular weight is 291 g/mol. The first kappa shape index (κ1) is 15.6. The first-order valence-electron chi connectivity index (χ1n) is 7.70. The van der Waals surface area contributed by atoms with E-state index in [-0.39, 0.29) is 6.03 Å². The Morgan fingerprint density at radius 1 is 1.10 bits per heavy atom. The monoisotopic (exact) mass is 291 g/mol. The molecule has 0 atom stereocenters. The molecule has 2 rings (SSSR count). The molecule has 0 radical (unpaired) electrons. The molecule has 21 heavy (non-hydrogen) atoms. The van der Waals surface area contributed by atoms with Crippen molar-refractivity contribution in [3.63, 3.8) is 0 Å². The Labute approximate surface area is 126 Å². The number of carbonyl (C=O) groups is 1. The first-order valence-corrected chi connectivity index (χ1v) is 7.70. The van der Waals surface area contributed by atoms with Gasteiger partial charge in [-0.1, -0.05) is 0 Å². The number of nitrogens with one attached hydrogen (secondary N) is 2. The molecule has 0 unspecified atom stereocenters. The highest BCUT2D eigenvalue weighted by atomic mass is 16.5. The van der Waals surface area contributed by atoms with Gasteiger partial charge < -0.3 is 20.3 Å². The average Bonchev–Trinajstić information content (AvgIpc) is 2.53. The molecule has 1 heterocycles. The lowest BCUT2D eigenvalue weighted by atomic mass is 10.2. The van der Waals surface area contributed by atoms with Gasteiger partial charge in [-0.25, -0.2) is 4.79 Å². The van der Waals surface area contributed by atoms with E-state index in [0.717, 1.165) is 63.3 Å². The van der Waals surface area contributed by atoms with Crippen LogP contribution < -0.4 is 15.4 Å². The van der Waals surface area contributed by atoms with Crippen LogP contribution in [0.25, 0.3) is 0 Å². The normalized spacial score (nSPS) is 17.1. The van der Waals surface area contributed by atoms with Crippen LogP contribution in [0, 0.1) is 0 Å². The molecule has 0 aliphatic carbocycles. The van der Waals surface area contributed by atoms with Gasteiger partial charge in [0.15, 0.2) is 0 Å². The molecule has 0 bridgehead atoms. The van der Waals surface area contributed by atoms with Crippen molar-refractivity contribution in [2.45, 2.75) is 25.7 Å². The summed E-state index contributed by atoms with van der Waals surface area (Å²) in [4.78, 5) is 14.3. The van der Waals surface area contributed by atoms with Crippen LogP contribution in [0.1, 0.15) is 25.7 Å². The third-order valence-electron chi connectivity index (χ3n) is 3.69. The van der Waals surface area contributed by atoms with Gasteiger partial charge in [0.25, 0.3) is 0 Å². The summed E-state index contributed by atoms with van der Waals surface area (Å²) in [5.41, 5.74) is 0.805. The third kappa shape index (κ3) is 5.27. The van der Waals surface area contributed by atoms with Crippen molar-refractivity contribution in [1.82, 2.24) is 10.2 Å². The molecule has 0 spiro atoms. The van der Waals surface area contributed by atoms with Crippen LogP contribution in [0.4, 0.5) is 10.5 Å². The molecule has 1 saturated heterocycles. The molecular formula is C16H25N3O2. The zero-order valence-electron chi connectivity index (χ0n) is 12.7. The number of methoxy groups -OCH3 is 1. The predicted octanol–water partition coefficient (Wildman–Crippen LogP) is 2.69. The van der Waals surface area contributed by atoms with Gasteiger partial charge in [-0.2, -0.15) is 0 Å². The highest BCUT2D eigenvalue weighted by Crippen LogP contribution is 2.15.